The Hall–Kier alpha value is -1.39. The number of rotatable bonds is 4. The Bertz CT molecular complexity index is 742. The number of nitrogens with two attached hydrogens (primary N) is 1. The van der Waals surface area contributed by atoms with Gasteiger partial charge in [-0.25, -0.2) is 8.42 Å². The zero-order chi connectivity index (χ0) is 14.0. The largest absolute Gasteiger partial charge is 0.326 e. The van der Waals surface area contributed by atoms with Crippen LogP contribution in [0.3, 0.4) is 0 Å². The predicted octanol–water partition coefficient (Wildman–Crippen LogP) is 1.61. The summed E-state index contributed by atoms with van der Waals surface area (Å²) in [4.78, 5) is 0.943. The molecule has 0 saturated carbocycles. The SMILES string of the molecule is C#CCN(C)S(=O)(=O)c1c(CN)sc2ccccc12. The minimum atomic E-state index is -3.61. The van der Waals surface area contributed by atoms with E-state index in [0.717, 1.165) is 4.70 Å². The van der Waals surface area contributed by atoms with E-state index in [1.165, 1.54) is 22.7 Å². The number of sulfonamides is 1. The Morgan fingerprint density at radius 3 is 2.74 bits per heavy atom. The quantitative estimate of drug-likeness (QED) is 0.871. The van der Waals surface area contributed by atoms with Crippen molar-refractivity contribution >= 4 is 31.4 Å². The molecule has 2 rings (SSSR count). The van der Waals surface area contributed by atoms with E-state index in [0.29, 0.717) is 10.3 Å². The Morgan fingerprint density at radius 2 is 2.11 bits per heavy atom. The third kappa shape index (κ3) is 2.38. The molecule has 2 aromatic rings. The molecule has 100 valence electrons. The van der Waals surface area contributed by atoms with Crippen LogP contribution in [0.2, 0.25) is 0 Å². The number of thiophene rings is 1. The maximum atomic E-state index is 12.6. The van der Waals surface area contributed by atoms with Crippen molar-refractivity contribution in [2.24, 2.45) is 5.73 Å². The summed E-state index contributed by atoms with van der Waals surface area (Å²) in [6.07, 6.45) is 5.18. The van der Waals surface area contributed by atoms with Gasteiger partial charge in [0.2, 0.25) is 10.0 Å². The molecule has 0 bridgehead atoms. The zero-order valence-corrected chi connectivity index (χ0v) is 12.1. The zero-order valence-electron chi connectivity index (χ0n) is 10.5. The first-order chi connectivity index (χ1) is 9.02. The van der Waals surface area contributed by atoms with Gasteiger partial charge in [0.1, 0.15) is 4.90 Å². The van der Waals surface area contributed by atoms with Crippen LogP contribution in [-0.2, 0) is 16.6 Å². The van der Waals surface area contributed by atoms with Crippen molar-refractivity contribution < 1.29 is 8.42 Å². The third-order valence-electron chi connectivity index (χ3n) is 2.79. The summed E-state index contributed by atoms with van der Waals surface area (Å²) in [6.45, 7) is 0.230. The molecule has 0 radical (unpaired) electrons. The molecule has 0 unspecified atom stereocenters. The molecule has 0 aliphatic rings. The molecular weight excluding hydrogens is 280 g/mol. The predicted molar refractivity (Wildman–Crippen MR) is 78.4 cm³/mol. The van der Waals surface area contributed by atoms with Gasteiger partial charge < -0.3 is 5.73 Å². The Labute approximate surface area is 116 Å². The summed E-state index contributed by atoms with van der Waals surface area (Å²) < 4.78 is 27.2. The molecule has 0 aliphatic heterocycles. The monoisotopic (exact) mass is 294 g/mol. The molecule has 0 spiro atoms. The van der Waals surface area contributed by atoms with Gasteiger partial charge >= 0.3 is 0 Å². The van der Waals surface area contributed by atoms with E-state index in [4.69, 9.17) is 12.2 Å². The lowest BCUT2D eigenvalue weighted by Gasteiger charge is -2.15. The Kier molecular flexibility index (Phi) is 3.92. The lowest BCUT2D eigenvalue weighted by Crippen LogP contribution is -2.28. The molecule has 0 amide bonds. The second kappa shape index (κ2) is 5.31. The highest BCUT2D eigenvalue weighted by atomic mass is 32.2. The van der Waals surface area contributed by atoms with Gasteiger partial charge in [0.05, 0.1) is 6.54 Å². The molecule has 4 nitrogen and oxygen atoms in total. The van der Waals surface area contributed by atoms with Crippen molar-refractivity contribution in [3.63, 3.8) is 0 Å². The Balaban J connectivity index is 2.71. The highest BCUT2D eigenvalue weighted by Crippen LogP contribution is 2.35. The standard InChI is InChI=1S/C13H14N2O2S2/c1-3-8-15(2)19(16,17)13-10-6-4-5-7-11(10)18-12(13)9-14/h1,4-7H,8-9,14H2,2H3. The fourth-order valence-electron chi connectivity index (χ4n) is 1.86. The molecule has 0 atom stereocenters. The fraction of sp³-hybridized carbons (Fsp3) is 0.231. The second-order valence-electron chi connectivity index (χ2n) is 4.02. The molecule has 6 heteroatoms. The maximum absolute atomic E-state index is 12.6. The summed E-state index contributed by atoms with van der Waals surface area (Å²) in [7, 11) is -2.13. The third-order valence-corrected chi connectivity index (χ3v) is 6.04. The van der Waals surface area contributed by atoms with Gasteiger partial charge in [0.25, 0.3) is 0 Å². The molecule has 0 aliphatic carbocycles. The van der Waals surface area contributed by atoms with Crippen LogP contribution >= 0.6 is 11.3 Å². The van der Waals surface area contributed by atoms with Crippen molar-refractivity contribution in [2.75, 3.05) is 13.6 Å². The summed E-state index contributed by atoms with van der Waals surface area (Å²) in [6, 6.07) is 7.37. The number of nitrogens with zero attached hydrogens (tertiary/aromatic N) is 1. The van der Waals surface area contributed by atoms with Gasteiger partial charge in [-0.1, -0.05) is 24.1 Å². The first kappa shape index (κ1) is 14.0. The lowest BCUT2D eigenvalue weighted by atomic mass is 10.2. The van der Waals surface area contributed by atoms with Crippen LogP contribution in [0, 0.1) is 12.3 Å². The van der Waals surface area contributed by atoms with Crippen LogP contribution in [0.25, 0.3) is 10.1 Å². The Morgan fingerprint density at radius 1 is 1.42 bits per heavy atom. The molecule has 0 saturated heterocycles. The fourth-order valence-corrected chi connectivity index (χ4v) is 4.73. The molecule has 2 N–H and O–H groups in total. The van der Waals surface area contributed by atoms with E-state index < -0.39 is 10.0 Å². The van der Waals surface area contributed by atoms with Crippen molar-refractivity contribution in [1.82, 2.24) is 4.31 Å². The minimum Gasteiger partial charge on any atom is -0.326 e. The highest BCUT2D eigenvalue weighted by molar-refractivity contribution is 7.89. The van der Waals surface area contributed by atoms with E-state index in [1.54, 1.807) is 6.07 Å². The first-order valence-electron chi connectivity index (χ1n) is 5.62. The normalized spacial score (nSPS) is 11.9. The summed E-state index contributed by atoms with van der Waals surface area (Å²) in [5, 5.41) is 0.705. The van der Waals surface area contributed by atoms with Crippen molar-refractivity contribution in [3.05, 3.63) is 29.1 Å². The van der Waals surface area contributed by atoms with E-state index >= 15 is 0 Å². The van der Waals surface area contributed by atoms with Gasteiger partial charge in [-0.15, -0.1) is 17.8 Å². The van der Waals surface area contributed by atoms with Crippen LogP contribution in [0.4, 0.5) is 0 Å². The summed E-state index contributed by atoms with van der Waals surface area (Å²) in [5.41, 5.74) is 5.67. The number of benzene rings is 1. The van der Waals surface area contributed by atoms with Crippen LogP contribution in [-0.4, -0.2) is 26.3 Å². The topological polar surface area (TPSA) is 63.4 Å². The maximum Gasteiger partial charge on any atom is 0.245 e. The van der Waals surface area contributed by atoms with Crippen molar-refractivity contribution in [1.29, 1.82) is 0 Å². The molecule has 1 aromatic heterocycles. The molecule has 0 fully saturated rings. The highest BCUT2D eigenvalue weighted by Gasteiger charge is 2.27. The number of terminal acetylenes is 1. The number of hydrogen-bond donors (Lipinski definition) is 1. The van der Waals surface area contributed by atoms with Crippen molar-refractivity contribution in [2.45, 2.75) is 11.4 Å². The van der Waals surface area contributed by atoms with Crippen LogP contribution < -0.4 is 5.73 Å². The van der Waals surface area contributed by atoms with Crippen LogP contribution in [0.1, 0.15) is 4.88 Å². The van der Waals surface area contributed by atoms with E-state index in [-0.39, 0.29) is 18.0 Å². The minimum absolute atomic E-state index is 0.0382. The number of hydrogen-bond acceptors (Lipinski definition) is 4. The van der Waals surface area contributed by atoms with Gasteiger partial charge in [-0.2, -0.15) is 4.31 Å². The first-order valence-corrected chi connectivity index (χ1v) is 7.88. The smallest absolute Gasteiger partial charge is 0.245 e. The van der Waals surface area contributed by atoms with E-state index in [1.807, 2.05) is 18.2 Å². The van der Waals surface area contributed by atoms with Crippen LogP contribution in [0.15, 0.2) is 29.2 Å². The van der Waals surface area contributed by atoms with Crippen LogP contribution in [0.5, 0.6) is 0 Å². The van der Waals surface area contributed by atoms with Gasteiger partial charge in [-0.05, 0) is 6.07 Å². The van der Waals surface area contributed by atoms with E-state index in [2.05, 4.69) is 5.92 Å². The molecule has 1 aromatic carbocycles. The number of fused-ring (bicyclic) bond motifs is 1. The van der Waals surface area contributed by atoms with E-state index in [9.17, 15) is 8.42 Å². The second-order valence-corrected chi connectivity index (χ2v) is 7.14. The average molecular weight is 294 g/mol. The molecule has 1 heterocycles. The molecule has 19 heavy (non-hydrogen) atoms. The van der Waals surface area contributed by atoms with Gasteiger partial charge in [0, 0.05) is 28.6 Å². The van der Waals surface area contributed by atoms with Gasteiger partial charge in [0.15, 0.2) is 0 Å². The summed E-state index contributed by atoms with van der Waals surface area (Å²) >= 11 is 1.40. The summed E-state index contributed by atoms with van der Waals surface area (Å²) in [5.74, 6) is 2.34. The van der Waals surface area contributed by atoms with Crippen molar-refractivity contribution in [3.8, 4) is 12.3 Å². The average Bonchev–Trinajstić information content (AvgIpc) is 2.77. The lowest BCUT2D eigenvalue weighted by molar-refractivity contribution is 0.503. The van der Waals surface area contributed by atoms with Gasteiger partial charge in [-0.3, -0.25) is 0 Å². The molecular formula is C13H14N2O2S2.